The topological polar surface area (TPSA) is 55.4 Å². The molecule has 0 fully saturated rings. The van der Waals surface area contributed by atoms with Crippen LogP contribution in [-0.2, 0) is 16.0 Å². The molecule has 1 N–H and O–H groups in total. The van der Waals surface area contributed by atoms with Crippen LogP contribution in [0.15, 0.2) is 53.0 Å². The Kier molecular flexibility index (Phi) is 6.49. The van der Waals surface area contributed by atoms with Gasteiger partial charge >= 0.3 is 5.97 Å². The van der Waals surface area contributed by atoms with Crippen molar-refractivity contribution >= 4 is 27.8 Å². The highest BCUT2D eigenvalue weighted by Crippen LogP contribution is 2.16. The lowest BCUT2D eigenvalue weighted by molar-refractivity contribution is -0.129. The van der Waals surface area contributed by atoms with Gasteiger partial charge in [0.15, 0.2) is 6.10 Å². The SMILES string of the molecule is C[C@H](OC(=O)c1ccc(Br)cc1F)C(=O)NCCc1ccccc1. The fourth-order valence-corrected chi connectivity index (χ4v) is 2.38. The predicted molar refractivity (Wildman–Crippen MR) is 92.1 cm³/mol. The third-order valence-corrected chi connectivity index (χ3v) is 3.85. The largest absolute Gasteiger partial charge is 0.449 e. The number of benzene rings is 2. The first-order valence-electron chi connectivity index (χ1n) is 7.45. The Morgan fingerprint density at radius 1 is 1.21 bits per heavy atom. The second-order valence-corrected chi connectivity index (χ2v) is 6.11. The van der Waals surface area contributed by atoms with Crippen LogP contribution in [0.5, 0.6) is 0 Å². The Morgan fingerprint density at radius 3 is 2.58 bits per heavy atom. The molecule has 0 heterocycles. The number of esters is 1. The van der Waals surface area contributed by atoms with E-state index in [2.05, 4.69) is 21.2 Å². The second kappa shape index (κ2) is 8.59. The van der Waals surface area contributed by atoms with E-state index in [9.17, 15) is 14.0 Å². The van der Waals surface area contributed by atoms with Gasteiger partial charge < -0.3 is 10.1 Å². The lowest BCUT2D eigenvalue weighted by Gasteiger charge is -2.14. The van der Waals surface area contributed by atoms with Crippen LogP contribution in [0.3, 0.4) is 0 Å². The first-order chi connectivity index (χ1) is 11.5. The number of amides is 1. The number of hydrogen-bond donors (Lipinski definition) is 1. The molecule has 0 aliphatic heterocycles. The summed E-state index contributed by atoms with van der Waals surface area (Å²) in [4.78, 5) is 23.9. The molecule has 0 radical (unpaired) electrons. The number of hydrogen-bond acceptors (Lipinski definition) is 3. The van der Waals surface area contributed by atoms with Crippen molar-refractivity contribution in [3.05, 3.63) is 69.9 Å². The van der Waals surface area contributed by atoms with Gasteiger partial charge in [-0.3, -0.25) is 4.79 Å². The zero-order valence-electron chi connectivity index (χ0n) is 13.1. The molecule has 0 unspecified atom stereocenters. The average molecular weight is 394 g/mol. The number of ether oxygens (including phenoxy) is 1. The molecular weight excluding hydrogens is 377 g/mol. The number of carbonyl (C=O) groups excluding carboxylic acids is 2. The van der Waals surface area contributed by atoms with E-state index in [0.717, 1.165) is 5.56 Å². The van der Waals surface area contributed by atoms with E-state index in [1.165, 1.54) is 25.1 Å². The summed E-state index contributed by atoms with van der Waals surface area (Å²) >= 11 is 3.11. The van der Waals surface area contributed by atoms with Crippen molar-refractivity contribution in [1.29, 1.82) is 0 Å². The van der Waals surface area contributed by atoms with Crippen molar-refractivity contribution in [1.82, 2.24) is 5.32 Å². The first-order valence-corrected chi connectivity index (χ1v) is 8.24. The Bertz CT molecular complexity index is 721. The molecule has 1 amide bonds. The van der Waals surface area contributed by atoms with Crippen molar-refractivity contribution in [2.75, 3.05) is 6.54 Å². The fraction of sp³-hybridized carbons (Fsp3) is 0.222. The summed E-state index contributed by atoms with van der Waals surface area (Å²) in [5.41, 5.74) is 0.890. The highest BCUT2D eigenvalue weighted by atomic mass is 79.9. The van der Waals surface area contributed by atoms with E-state index in [-0.39, 0.29) is 5.56 Å². The van der Waals surface area contributed by atoms with Crippen molar-refractivity contribution in [3.63, 3.8) is 0 Å². The summed E-state index contributed by atoms with van der Waals surface area (Å²) in [6, 6.07) is 13.7. The molecule has 0 spiro atoms. The molecule has 0 aromatic heterocycles. The van der Waals surface area contributed by atoms with Crippen molar-refractivity contribution in [2.24, 2.45) is 0 Å². The van der Waals surface area contributed by atoms with Crippen LogP contribution in [0.1, 0.15) is 22.8 Å². The summed E-state index contributed by atoms with van der Waals surface area (Å²) < 4.78 is 19.2. The lowest BCUT2D eigenvalue weighted by atomic mass is 10.1. The minimum absolute atomic E-state index is 0.206. The van der Waals surface area contributed by atoms with Crippen molar-refractivity contribution in [3.8, 4) is 0 Å². The van der Waals surface area contributed by atoms with Crippen LogP contribution in [0.4, 0.5) is 4.39 Å². The molecular formula is C18H17BrFNO3. The van der Waals surface area contributed by atoms with Gasteiger partial charge in [-0.05, 0) is 37.1 Å². The molecule has 1 atom stereocenters. The van der Waals surface area contributed by atoms with Gasteiger partial charge in [0, 0.05) is 11.0 Å². The molecule has 2 rings (SSSR count). The highest BCUT2D eigenvalue weighted by molar-refractivity contribution is 9.10. The van der Waals surface area contributed by atoms with E-state index < -0.39 is 23.8 Å². The summed E-state index contributed by atoms with van der Waals surface area (Å²) in [5.74, 6) is -1.99. The molecule has 0 bridgehead atoms. The van der Waals surface area contributed by atoms with Crippen LogP contribution >= 0.6 is 15.9 Å². The van der Waals surface area contributed by atoms with Gasteiger partial charge in [0.2, 0.25) is 0 Å². The number of rotatable bonds is 6. The van der Waals surface area contributed by atoms with Crippen LogP contribution in [0.25, 0.3) is 0 Å². The van der Waals surface area contributed by atoms with Gasteiger partial charge in [0.25, 0.3) is 5.91 Å². The van der Waals surface area contributed by atoms with Gasteiger partial charge in [-0.2, -0.15) is 0 Å². The normalized spacial score (nSPS) is 11.6. The second-order valence-electron chi connectivity index (χ2n) is 5.20. The molecule has 4 nitrogen and oxygen atoms in total. The van der Waals surface area contributed by atoms with Gasteiger partial charge in [-0.1, -0.05) is 46.3 Å². The average Bonchev–Trinajstić information content (AvgIpc) is 2.55. The molecule has 2 aromatic rings. The summed E-state index contributed by atoms with van der Waals surface area (Å²) in [6.07, 6.45) is -0.328. The molecule has 6 heteroatoms. The fourth-order valence-electron chi connectivity index (χ4n) is 2.05. The van der Waals surface area contributed by atoms with Gasteiger partial charge in [-0.25, -0.2) is 9.18 Å². The van der Waals surface area contributed by atoms with Gasteiger partial charge in [-0.15, -0.1) is 0 Å². The van der Waals surface area contributed by atoms with Crippen LogP contribution in [-0.4, -0.2) is 24.5 Å². The Labute approximate surface area is 148 Å². The molecule has 24 heavy (non-hydrogen) atoms. The molecule has 0 aliphatic rings. The maximum absolute atomic E-state index is 13.7. The molecule has 2 aromatic carbocycles. The van der Waals surface area contributed by atoms with Crippen LogP contribution in [0.2, 0.25) is 0 Å². The van der Waals surface area contributed by atoms with Crippen molar-refractivity contribution in [2.45, 2.75) is 19.4 Å². The standard InChI is InChI=1S/C18H17BrFNO3/c1-12(17(22)21-10-9-13-5-3-2-4-6-13)24-18(23)15-8-7-14(19)11-16(15)20/h2-8,11-12H,9-10H2,1H3,(H,21,22)/t12-/m0/s1. The van der Waals surface area contributed by atoms with E-state index in [0.29, 0.717) is 17.4 Å². The minimum Gasteiger partial charge on any atom is -0.449 e. The minimum atomic E-state index is -1.00. The molecule has 0 saturated heterocycles. The number of carbonyl (C=O) groups is 2. The summed E-state index contributed by atoms with van der Waals surface area (Å²) in [6.45, 7) is 1.88. The quantitative estimate of drug-likeness (QED) is 0.764. The van der Waals surface area contributed by atoms with E-state index in [1.54, 1.807) is 0 Å². The van der Waals surface area contributed by atoms with E-state index in [1.807, 2.05) is 30.3 Å². The summed E-state index contributed by atoms with van der Waals surface area (Å²) in [5, 5.41) is 2.69. The Morgan fingerprint density at radius 2 is 1.92 bits per heavy atom. The molecule has 0 saturated carbocycles. The highest BCUT2D eigenvalue weighted by Gasteiger charge is 2.20. The maximum Gasteiger partial charge on any atom is 0.341 e. The third-order valence-electron chi connectivity index (χ3n) is 3.36. The number of halogens is 2. The zero-order chi connectivity index (χ0) is 17.5. The third kappa shape index (κ3) is 5.16. The van der Waals surface area contributed by atoms with Crippen molar-refractivity contribution < 1.29 is 18.7 Å². The van der Waals surface area contributed by atoms with Crippen LogP contribution in [0, 0.1) is 5.82 Å². The van der Waals surface area contributed by atoms with Gasteiger partial charge in [0.1, 0.15) is 5.82 Å². The van der Waals surface area contributed by atoms with Gasteiger partial charge in [0.05, 0.1) is 5.56 Å². The Balaban J connectivity index is 1.83. The number of nitrogens with one attached hydrogen (secondary N) is 1. The molecule has 0 aliphatic carbocycles. The van der Waals surface area contributed by atoms with Crippen LogP contribution < -0.4 is 5.32 Å². The zero-order valence-corrected chi connectivity index (χ0v) is 14.7. The monoisotopic (exact) mass is 393 g/mol. The Hall–Kier alpha value is -2.21. The lowest BCUT2D eigenvalue weighted by Crippen LogP contribution is -2.37. The van der Waals surface area contributed by atoms with E-state index >= 15 is 0 Å². The first kappa shape index (κ1) is 18.1. The predicted octanol–water partition coefficient (Wildman–Crippen LogP) is 3.49. The summed E-state index contributed by atoms with van der Waals surface area (Å²) in [7, 11) is 0. The van der Waals surface area contributed by atoms with E-state index in [4.69, 9.17) is 4.74 Å². The maximum atomic E-state index is 13.7. The molecule has 126 valence electrons. The smallest absolute Gasteiger partial charge is 0.341 e.